The van der Waals surface area contributed by atoms with Crippen molar-refractivity contribution >= 4 is 35.3 Å². The van der Waals surface area contributed by atoms with E-state index in [9.17, 15) is 9.59 Å². The predicted molar refractivity (Wildman–Crippen MR) is 106 cm³/mol. The zero-order valence-corrected chi connectivity index (χ0v) is 16.1. The third-order valence-corrected chi connectivity index (χ3v) is 4.61. The summed E-state index contributed by atoms with van der Waals surface area (Å²) in [5.74, 6) is 0.504. The van der Waals surface area contributed by atoms with Gasteiger partial charge in [-0.2, -0.15) is 0 Å². The van der Waals surface area contributed by atoms with Crippen LogP contribution in [-0.2, 0) is 16.1 Å². The number of hydrogen-bond donors (Lipinski definition) is 1. The second-order valence-corrected chi connectivity index (χ2v) is 6.52. The first kappa shape index (κ1) is 20.4. The summed E-state index contributed by atoms with van der Waals surface area (Å²) in [4.78, 5) is 33.8. The fourth-order valence-corrected chi connectivity index (χ4v) is 2.61. The number of hydrogen-bond acceptors (Lipinski definition) is 7. The van der Waals surface area contributed by atoms with E-state index in [1.807, 2.05) is 13.0 Å². The first-order chi connectivity index (χ1) is 12.9. The molecule has 1 heterocycles. The molecule has 0 radical (unpaired) electrons. The number of amides is 1. The minimum Gasteiger partial charge on any atom is -0.462 e. The number of rotatable bonds is 9. The highest BCUT2D eigenvalue weighted by atomic mass is 32.1. The molecular formula is C19H22N4O3S. The van der Waals surface area contributed by atoms with E-state index in [0.717, 1.165) is 0 Å². The molecule has 142 valence electrons. The van der Waals surface area contributed by atoms with E-state index < -0.39 is 5.97 Å². The number of aromatic nitrogens is 2. The zero-order chi connectivity index (χ0) is 19.8. The molecule has 0 aliphatic heterocycles. The zero-order valence-electron chi connectivity index (χ0n) is 15.3. The average Bonchev–Trinajstić information content (AvgIpc) is 2.67. The number of thiocarbonyl (C=S) groups is 1. The lowest BCUT2D eigenvalue weighted by atomic mass is 10.1. The summed E-state index contributed by atoms with van der Waals surface area (Å²) in [6.45, 7) is 3.97. The van der Waals surface area contributed by atoms with Crippen LogP contribution in [0.5, 0.6) is 0 Å². The minimum atomic E-state index is -0.400. The van der Waals surface area contributed by atoms with E-state index in [0.29, 0.717) is 40.5 Å². The molecule has 0 aliphatic carbocycles. The van der Waals surface area contributed by atoms with Crippen LogP contribution in [0.25, 0.3) is 0 Å². The molecule has 2 aromatic rings. The van der Waals surface area contributed by atoms with Gasteiger partial charge in [0.2, 0.25) is 6.41 Å². The monoisotopic (exact) mass is 386 g/mol. The molecule has 1 unspecified atom stereocenters. The van der Waals surface area contributed by atoms with Crippen LogP contribution >= 0.6 is 12.2 Å². The Morgan fingerprint density at radius 1 is 1.37 bits per heavy atom. The van der Waals surface area contributed by atoms with Gasteiger partial charge in [-0.25, -0.2) is 14.8 Å². The largest absolute Gasteiger partial charge is 0.462 e. The molecule has 0 spiro atoms. The standard InChI is InChI=1S/C19H22N4O3S/c1-13(23(12-24)11-16-10-21-14(2)22-18(16)20)17(27)8-9-26-19(25)15-6-4-3-5-7-15/h3-7,10,12-13H,8-9,11H2,1-2H3,(H2,20,21,22). The highest BCUT2D eigenvalue weighted by Gasteiger charge is 2.19. The number of nitrogens with two attached hydrogens (primary N) is 1. The van der Waals surface area contributed by atoms with Gasteiger partial charge in [0, 0.05) is 23.0 Å². The van der Waals surface area contributed by atoms with Gasteiger partial charge in [-0.1, -0.05) is 30.4 Å². The van der Waals surface area contributed by atoms with Crippen LogP contribution < -0.4 is 5.73 Å². The Kier molecular flexibility index (Phi) is 7.36. The quantitative estimate of drug-likeness (QED) is 0.401. The molecule has 1 amide bonds. The number of ether oxygens (including phenoxy) is 1. The number of anilines is 1. The van der Waals surface area contributed by atoms with Crippen molar-refractivity contribution in [3.8, 4) is 0 Å². The van der Waals surface area contributed by atoms with Crippen LogP contribution in [-0.4, -0.2) is 44.8 Å². The van der Waals surface area contributed by atoms with Crippen molar-refractivity contribution in [3.63, 3.8) is 0 Å². The van der Waals surface area contributed by atoms with Gasteiger partial charge in [0.25, 0.3) is 0 Å². The maximum Gasteiger partial charge on any atom is 0.338 e. The second kappa shape index (κ2) is 9.72. The number of nitrogens with zero attached hydrogens (tertiary/aromatic N) is 3. The van der Waals surface area contributed by atoms with Crippen LogP contribution in [0.3, 0.4) is 0 Å². The van der Waals surface area contributed by atoms with E-state index in [-0.39, 0.29) is 19.2 Å². The summed E-state index contributed by atoms with van der Waals surface area (Å²) in [7, 11) is 0. The van der Waals surface area contributed by atoms with E-state index in [4.69, 9.17) is 22.7 Å². The molecule has 1 atom stereocenters. The van der Waals surface area contributed by atoms with E-state index in [1.54, 1.807) is 37.4 Å². The molecule has 0 aliphatic rings. The number of esters is 1. The Morgan fingerprint density at radius 2 is 2.07 bits per heavy atom. The Bertz CT molecular complexity index is 814. The van der Waals surface area contributed by atoms with Crippen LogP contribution in [0.4, 0.5) is 5.82 Å². The molecule has 0 saturated heterocycles. The van der Waals surface area contributed by atoms with Gasteiger partial charge in [0.1, 0.15) is 11.6 Å². The third kappa shape index (κ3) is 5.82. The highest BCUT2D eigenvalue weighted by molar-refractivity contribution is 7.80. The van der Waals surface area contributed by atoms with Crippen LogP contribution in [0, 0.1) is 6.92 Å². The lowest BCUT2D eigenvalue weighted by molar-refractivity contribution is -0.119. The molecule has 7 nitrogen and oxygen atoms in total. The van der Waals surface area contributed by atoms with E-state index in [1.165, 1.54) is 4.90 Å². The normalized spacial score (nSPS) is 11.5. The predicted octanol–water partition coefficient (Wildman–Crippen LogP) is 2.33. The van der Waals surface area contributed by atoms with Crippen molar-refractivity contribution in [1.82, 2.24) is 14.9 Å². The van der Waals surface area contributed by atoms with Crippen molar-refractivity contribution in [2.75, 3.05) is 12.3 Å². The van der Waals surface area contributed by atoms with Crippen molar-refractivity contribution in [2.45, 2.75) is 32.9 Å². The van der Waals surface area contributed by atoms with E-state index in [2.05, 4.69) is 9.97 Å². The molecule has 0 saturated carbocycles. The molecule has 0 fully saturated rings. The summed E-state index contributed by atoms with van der Waals surface area (Å²) < 4.78 is 5.24. The maximum absolute atomic E-state index is 11.9. The smallest absolute Gasteiger partial charge is 0.338 e. The molecule has 2 rings (SSSR count). The van der Waals surface area contributed by atoms with Crippen molar-refractivity contribution in [3.05, 3.63) is 53.5 Å². The van der Waals surface area contributed by atoms with Crippen LogP contribution in [0.1, 0.15) is 35.1 Å². The van der Waals surface area contributed by atoms with Gasteiger partial charge in [-0.15, -0.1) is 0 Å². The summed E-state index contributed by atoms with van der Waals surface area (Å²) in [6.07, 6.45) is 2.69. The SMILES string of the molecule is Cc1ncc(CN(C=O)C(C)C(=S)CCOC(=O)c2ccccc2)c(N)n1. The average molecular weight is 386 g/mol. The van der Waals surface area contributed by atoms with Gasteiger partial charge in [-0.3, -0.25) is 4.79 Å². The molecule has 2 N–H and O–H groups in total. The maximum atomic E-state index is 11.9. The minimum absolute atomic E-state index is 0.152. The van der Waals surface area contributed by atoms with Gasteiger partial charge >= 0.3 is 5.97 Å². The van der Waals surface area contributed by atoms with Crippen LogP contribution in [0.15, 0.2) is 36.5 Å². The van der Waals surface area contributed by atoms with Gasteiger partial charge < -0.3 is 15.4 Å². The third-order valence-electron chi connectivity index (χ3n) is 4.06. The summed E-state index contributed by atoms with van der Waals surface area (Å²) in [5, 5.41) is 0. The molecular weight excluding hydrogens is 364 g/mol. The highest BCUT2D eigenvalue weighted by Crippen LogP contribution is 2.14. The molecule has 27 heavy (non-hydrogen) atoms. The van der Waals surface area contributed by atoms with Gasteiger partial charge in [0.05, 0.1) is 24.8 Å². The van der Waals surface area contributed by atoms with Gasteiger partial charge in [-0.05, 0) is 26.0 Å². The Morgan fingerprint density at radius 3 is 2.70 bits per heavy atom. The number of carbonyl (C=O) groups excluding carboxylic acids is 2. The number of carbonyl (C=O) groups is 2. The number of nitrogen functional groups attached to an aromatic ring is 1. The second-order valence-electron chi connectivity index (χ2n) is 6.00. The Balaban J connectivity index is 1.88. The first-order valence-electron chi connectivity index (χ1n) is 8.46. The van der Waals surface area contributed by atoms with E-state index >= 15 is 0 Å². The van der Waals surface area contributed by atoms with Crippen molar-refractivity contribution in [1.29, 1.82) is 0 Å². The number of benzene rings is 1. The van der Waals surface area contributed by atoms with Crippen molar-refractivity contribution < 1.29 is 14.3 Å². The molecule has 8 heteroatoms. The van der Waals surface area contributed by atoms with Crippen molar-refractivity contribution in [2.24, 2.45) is 0 Å². The van der Waals surface area contributed by atoms with Crippen LogP contribution in [0.2, 0.25) is 0 Å². The number of aryl methyl sites for hydroxylation is 1. The summed E-state index contributed by atoms with van der Waals surface area (Å²) in [5.41, 5.74) is 7.02. The fraction of sp³-hybridized carbons (Fsp3) is 0.316. The van der Waals surface area contributed by atoms with Gasteiger partial charge in [0.15, 0.2) is 0 Å². The molecule has 0 bridgehead atoms. The lowest BCUT2D eigenvalue weighted by Gasteiger charge is -2.26. The Hall–Kier alpha value is -2.87. The summed E-state index contributed by atoms with van der Waals surface area (Å²) in [6, 6.07) is 8.41. The first-order valence-corrected chi connectivity index (χ1v) is 8.87. The fourth-order valence-electron chi connectivity index (χ4n) is 2.39. The summed E-state index contributed by atoms with van der Waals surface area (Å²) >= 11 is 5.40. The Labute approximate surface area is 163 Å². The molecule has 1 aromatic carbocycles. The lowest BCUT2D eigenvalue weighted by Crippen LogP contribution is -2.37. The molecule has 1 aromatic heterocycles. The topological polar surface area (TPSA) is 98.4 Å².